The van der Waals surface area contributed by atoms with E-state index in [0.29, 0.717) is 11.3 Å². The van der Waals surface area contributed by atoms with Gasteiger partial charge in [0, 0.05) is 10.2 Å². The van der Waals surface area contributed by atoms with Crippen LogP contribution >= 0.6 is 15.9 Å². The molecule has 0 atom stereocenters. The summed E-state index contributed by atoms with van der Waals surface area (Å²) in [5.74, 6) is -0.232. The molecule has 3 aromatic rings. The van der Waals surface area contributed by atoms with Gasteiger partial charge in [-0.1, -0.05) is 76.1 Å². The van der Waals surface area contributed by atoms with Crippen LogP contribution < -0.4 is 4.90 Å². The molecule has 0 aromatic heterocycles. The van der Waals surface area contributed by atoms with Crippen LogP contribution in [-0.2, 0) is 31.4 Å². The number of hydrogen-bond acceptors (Lipinski definition) is 5. The van der Waals surface area contributed by atoms with E-state index in [1.807, 2.05) is 49.4 Å². The number of rotatable bonds is 9. The Hall–Kier alpha value is -2.68. The molecule has 1 amide bonds. The van der Waals surface area contributed by atoms with Gasteiger partial charge in [0.25, 0.3) is 10.1 Å². The van der Waals surface area contributed by atoms with Gasteiger partial charge in [0.05, 0.1) is 13.2 Å². The maximum atomic E-state index is 12.8. The summed E-state index contributed by atoms with van der Waals surface area (Å²) < 4.78 is 36.2. The Labute approximate surface area is 197 Å². The summed E-state index contributed by atoms with van der Waals surface area (Å²) >= 11 is 3.37. The minimum absolute atomic E-state index is 0.0163. The van der Waals surface area contributed by atoms with E-state index in [1.165, 1.54) is 4.90 Å². The zero-order valence-electron chi connectivity index (χ0n) is 17.6. The van der Waals surface area contributed by atoms with Gasteiger partial charge in [0.2, 0.25) is 0 Å². The summed E-state index contributed by atoms with van der Waals surface area (Å²) in [5, 5.41) is 0. The lowest BCUT2D eigenvalue weighted by Crippen LogP contribution is -2.35. The molecule has 0 saturated heterocycles. The lowest BCUT2D eigenvalue weighted by Gasteiger charge is -2.22. The molecule has 3 aromatic carbocycles. The summed E-state index contributed by atoms with van der Waals surface area (Å²) in [4.78, 5) is 14.1. The SMILES string of the molecule is Cc1ccc(CS(=O)(=O)OCCN(C(=O)OCc2ccccc2)c2ccc(Br)cc2)cc1. The third-order valence-electron chi connectivity index (χ3n) is 4.61. The number of carbonyl (C=O) groups excluding carboxylic acids is 1. The Morgan fingerprint density at radius 3 is 2.22 bits per heavy atom. The summed E-state index contributed by atoms with van der Waals surface area (Å²) in [5.41, 5.74) is 3.12. The molecule has 0 unspecified atom stereocenters. The van der Waals surface area contributed by atoms with Gasteiger partial charge in [-0.15, -0.1) is 0 Å². The van der Waals surface area contributed by atoms with Gasteiger partial charge in [-0.05, 0) is 42.3 Å². The Balaban J connectivity index is 1.63. The third-order valence-corrected chi connectivity index (χ3v) is 6.35. The second-order valence-electron chi connectivity index (χ2n) is 7.18. The first-order valence-electron chi connectivity index (χ1n) is 9.99. The first-order chi connectivity index (χ1) is 15.3. The molecule has 3 rings (SSSR count). The van der Waals surface area contributed by atoms with Crippen molar-refractivity contribution in [3.63, 3.8) is 0 Å². The summed E-state index contributed by atoms with van der Waals surface area (Å²) in [6.45, 7) is 1.87. The summed E-state index contributed by atoms with van der Waals surface area (Å²) in [7, 11) is -3.80. The number of benzene rings is 3. The number of nitrogens with zero attached hydrogens (tertiary/aromatic N) is 1. The van der Waals surface area contributed by atoms with Crippen molar-refractivity contribution >= 4 is 37.8 Å². The van der Waals surface area contributed by atoms with E-state index in [2.05, 4.69) is 15.9 Å². The molecular weight excluding hydrogens is 494 g/mol. The van der Waals surface area contributed by atoms with Crippen LogP contribution in [-0.4, -0.2) is 27.7 Å². The van der Waals surface area contributed by atoms with Crippen molar-refractivity contribution in [2.24, 2.45) is 0 Å². The number of anilines is 1. The fourth-order valence-corrected chi connectivity index (χ4v) is 4.21. The standard InChI is InChI=1S/C24H24BrNO5S/c1-19-7-9-21(10-8-19)18-32(28,29)31-16-15-26(23-13-11-22(25)12-14-23)24(27)30-17-20-5-3-2-4-6-20/h2-14H,15-18H2,1H3. The fourth-order valence-electron chi connectivity index (χ4n) is 2.93. The lowest BCUT2D eigenvalue weighted by molar-refractivity contribution is 0.145. The minimum Gasteiger partial charge on any atom is -0.444 e. The maximum Gasteiger partial charge on any atom is 0.414 e. The molecule has 0 N–H and O–H groups in total. The van der Waals surface area contributed by atoms with E-state index in [-0.39, 0.29) is 25.5 Å². The molecule has 0 spiro atoms. The van der Waals surface area contributed by atoms with E-state index in [9.17, 15) is 13.2 Å². The van der Waals surface area contributed by atoms with Crippen molar-refractivity contribution in [1.82, 2.24) is 0 Å². The van der Waals surface area contributed by atoms with Crippen LogP contribution in [0.5, 0.6) is 0 Å². The largest absolute Gasteiger partial charge is 0.444 e. The van der Waals surface area contributed by atoms with Gasteiger partial charge >= 0.3 is 6.09 Å². The molecule has 0 fully saturated rings. The molecule has 32 heavy (non-hydrogen) atoms. The highest BCUT2D eigenvalue weighted by atomic mass is 79.9. The minimum atomic E-state index is -3.80. The zero-order chi connectivity index (χ0) is 23.0. The molecule has 0 aliphatic carbocycles. The molecule has 8 heteroatoms. The van der Waals surface area contributed by atoms with E-state index in [1.54, 1.807) is 36.4 Å². The Bertz CT molecular complexity index is 1120. The van der Waals surface area contributed by atoms with Gasteiger partial charge in [0.15, 0.2) is 0 Å². The number of carbonyl (C=O) groups is 1. The van der Waals surface area contributed by atoms with Crippen LogP contribution in [0.1, 0.15) is 16.7 Å². The van der Waals surface area contributed by atoms with Crippen LogP contribution in [0.25, 0.3) is 0 Å². The van der Waals surface area contributed by atoms with Gasteiger partial charge < -0.3 is 4.74 Å². The van der Waals surface area contributed by atoms with Gasteiger partial charge in [-0.2, -0.15) is 8.42 Å². The van der Waals surface area contributed by atoms with Crippen LogP contribution in [0.2, 0.25) is 0 Å². The molecule has 6 nitrogen and oxygen atoms in total. The zero-order valence-corrected chi connectivity index (χ0v) is 20.0. The Morgan fingerprint density at radius 1 is 0.906 bits per heavy atom. The topological polar surface area (TPSA) is 72.9 Å². The van der Waals surface area contributed by atoms with Gasteiger partial charge in [0.1, 0.15) is 12.4 Å². The average molecular weight is 518 g/mol. The smallest absolute Gasteiger partial charge is 0.414 e. The first-order valence-corrected chi connectivity index (χ1v) is 12.4. The third kappa shape index (κ3) is 7.47. The predicted molar refractivity (Wildman–Crippen MR) is 128 cm³/mol. The number of ether oxygens (including phenoxy) is 1. The molecule has 168 valence electrons. The van der Waals surface area contributed by atoms with Crippen molar-refractivity contribution in [2.75, 3.05) is 18.1 Å². The van der Waals surface area contributed by atoms with Crippen LogP contribution in [0, 0.1) is 6.92 Å². The highest BCUT2D eigenvalue weighted by Crippen LogP contribution is 2.20. The first kappa shape index (κ1) is 24.0. The van der Waals surface area contributed by atoms with E-state index in [0.717, 1.165) is 15.6 Å². The lowest BCUT2D eigenvalue weighted by atomic mass is 10.2. The second-order valence-corrected chi connectivity index (χ2v) is 9.73. The monoisotopic (exact) mass is 517 g/mol. The normalized spacial score (nSPS) is 11.2. The van der Waals surface area contributed by atoms with E-state index < -0.39 is 16.2 Å². The van der Waals surface area contributed by atoms with Crippen molar-refractivity contribution in [3.05, 3.63) is 100 Å². The average Bonchev–Trinajstić information content (AvgIpc) is 2.78. The van der Waals surface area contributed by atoms with Crippen molar-refractivity contribution < 1.29 is 22.1 Å². The highest BCUT2D eigenvalue weighted by Gasteiger charge is 2.20. The number of hydrogen-bond donors (Lipinski definition) is 0. The Morgan fingerprint density at radius 2 is 1.56 bits per heavy atom. The molecule has 0 radical (unpaired) electrons. The van der Waals surface area contributed by atoms with Crippen molar-refractivity contribution in [2.45, 2.75) is 19.3 Å². The maximum absolute atomic E-state index is 12.8. The number of aryl methyl sites for hydroxylation is 1. The van der Waals surface area contributed by atoms with Gasteiger partial charge in [-0.25, -0.2) is 4.79 Å². The number of halogens is 1. The van der Waals surface area contributed by atoms with Crippen molar-refractivity contribution in [1.29, 1.82) is 0 Å². The fraction of sp³-hybridized carbons (Fsp3) is 0.208. The summed E-state index contributed by atoms with van der Waals surface area (Å²) in [6.07, 6.45) is -0.587. The summed E-state index contributed by atoms with van der Waals surface area (Å²) in [6, 6.07) is 23.6. The molecule has 0 aliphatic heterocycles. The van der Waals surface area contributed by atoms with Crippen LogP contribution in [0.15, 0.2) is 83.3 Å². The molecule has 0 bridgehead atoms. The molecule has 0 heterocycles. The molecular formula is C24H24BrNO5S. The van der Waals surface area contributed by atoms with Gasteiger partial charge in [-0.3, -0.25) is 9.08 Å². The Kier molecular flexibility index (Phi) is 8.44. The highest BCUT2D eigenvalue weighted by molar-refractivity contribution is 9.10. The van der Waals surface area contributed by atoms with Crippen molar-refractivity contribution in [3.8, 4) is 0 Å². The van der Waals surface area contributed by atoms with E-state index >= 15 is 0 Å². The molecule has 0 aliphatic rings. The second kappa shape index (κ2) is 11.3. The molecule has 0 saturated carbocycles. The van der Waals surface area contributed by atoms with Crippen LogP contribution in [0.4, 0.5) is 10.5 Å². The number of amides is 1. The van der Waals surface area contributed by atoms with E-state index in [4.69, 9.17) is 8.92 Å². The quantitative estimate of drug-likeness (QED) is 0.353. The predicted octanol–water partition coefficient (Wildman–Crippen LogP) is 5.45. The van der Waals surface area contributed by atoms with Crippen LogP contribution in [0.3, 0.4) is 0 Å².